The summed E-state index contributed by atoms with van der Waals surface area (Å²) >= 11 is 0. The summed E-state index contributed by atoms with van der Waals surface area (Å²) in [5.74, 6) is 0.893. The Hall–Kier alpha value is -1.30. The molecule has 1 aliphatic rings. The Labute approximate surface area is 141 Å². The molecular weight excluding hydrogens is 290 g/mol. The lowest BCUT2D eigenvalue weighted by molar-refractivity contribution is -0.128. The zero-order valence-corrected chi connectivity index (χ0v) is 15.2. The second-order valence-corrected chi connectivity index (χ2v) is 5.94. The monoisotopic (exact) mass is 325 g/mol. The topological polar surface area (TPSA) is 60.0 Å². The van der Waals surface area contributed by atoms with Crippen LogP contribution in [0.2, 0.25) is 0 Å². The molecule has 0 atom stereocenters. The predicted molar refractivity (Wildman–Crippen MR) is 96.8 cm³/mol. The van der Waals surface area contributed by atoms with Crippen LogP contribution >= 0.6 is 0 Å². The van der Waals surface area contributed by atoms with E-state index in [0.29, 0.717) is 0 Å². The molecule has 1 heterocycles. The number of nitrogens with one attached hydrogen (secondary N) is 2. The van der Waals surface area contributed by atoms with Crippen LogP contribution in [0.5, 0.6) is 0 Å². The molecule has 0 bridgehead atoms. The lowest BCUT2D eigenvalue weighted by Crippen LogP contribution is -2.39. The summed E-state index contributed by atoms with van der Waals surface area (Å²) in [6.07, 6.45) is 4.54. The highest BCUT2D eigenvalue weighted by Gasteiger charge is 2.17. The van der Waals surface area contributed by atoms with E-state index >= 15 is 0 Å². The minimum Gasteiger partial charge on any atom is -0.357 e. The number of amides is 1. The van der Waals surface area contributed by atoms with Gasteiger partial charge in [0.25, 0.3) is 0 Å². The summed E-state index contributed by atoms with van der Waals surface area (Å²) in [5.41, 5.74) is 0. The average molecular weight is 326 g/mol. The number of nitrogens with zero attached hydrogens (tertiary/aromatic N) is 3. The van der Waals surface area contributed by atoms with Crippen LogP contribution in [0, 0.1) is 0 Å². The molecule has 2 N–H and O–H groups in total. The molecule has 0 saturated carbocycles. The summed E-state index contributed by atoms with van der Waals surface area (Å²) < 4.78 is 0. The first kappa shape index (κ1) is 19.7. The first-order valence-corrected chi connectivity index (χ1v) is 9.23. The summed E-state index contributed by atoms with van der Waals surface area (Å²) in [6.45, 7) is 13.6. The van der Waals surface area contributed by atoms with Crippen molar-refractivity contribution < 1.29 is 4.79 Å². The van der Waals surface area contributed by atoms with Gasteiger partial charge in [0.2, 0.25) is 5.91 Å². The van der Waals surface area contributed by atoms with Crippen molar-refractivity contribution in [3.05, 3.63) is 0 Å². The molecular formula is C17H35N5O. The van der Waals surface area contributed by atoms with E-state index in [1.54, 1.807) is 0 Å². The Morgan fingerprint density at radius 1 is 1.09 bits per heavy atom. The standard InChI is InChI=1S/C17H35N5O/c1-4-18-17(19-11-7-8-12-21(5-2)6-3)20-15-16(23)22-13-9-10-14-22/h4-15H2,1-3H3,(H2,18,19,20). The molecule has 0 spiro atoms. The molecule has 1 rings (SSSR count). The van der Waals surface area contributed by atoms with Gasteiger partial charge >= 0.3 is 0 Å². The van der Waals surface area contributed by atoms with E-state index in [0.717, 1.165) is 71.0 Å². The highest BCUT2D eigenvalue weighted by atomic mass is 16.2. The second-order valence-electron chi connectivity index (χ2n) is 5.94. The van der Waals surface area contributed by atoms with Gasteiger partial charge in [0.15, 0.2) is 5.96 Å². The van der Waals surface area contributed by atoms with Gasteiger partial charge in [0.1, 0.15) is 6.54 Å². The van der Waals surface area contributed by atoms with Crippen LogP contribution in [0.25, 0.3) is 0 Å². The van der Waals surface area contributed by atoms with Gasteiger partial charge < -0.3 is 20.4 Å². The van der Waals surface area contributed by atoms with Crippen LogP contribution in [-0.4, -0.2) is 74.0 Å². The third-order valence-electron chi connectivity index (χ3n) is 4.26. The minimum atomic E-state index is 0.140. The van der Waals surface area contributed by atoms with Crippen LogP contribution in [0.3, 0.4) is 0 Å². The van der Waals surface area contributed by atoms with Crippen LogP contribution in [0.15, 0.2) is 4.99 Å². The zero-order chi connectivity index (χ0) is 16.9. The highest BCUT2D eigenvalue weighted by Crippen LogP contribution is 2.07. The third kappa shape index (κ3) is 8.21. The molecule has 0 aliphatic carbocycles. The molecule has 1 aliphatic heterocycles. The van der Waals surface area contributed by atoms with Gasteiger partial charge in [-0.3, -0.25) is 4.79 Å². The maximum Gasteiger partial charge on any atom is 0.244 e. The number of carbonyl (C=O) groups excluding carboxylic acids is 1. The van der Waals surface area contributed by atoms with Crippen LogP contribution in [0.1, 0.15) is 46.5 Å². The third-order valence-corrected chi connectivity index (χ3v) is 4.26. The molecule has 23 heavy (non-hydrogen) atoms. The maximum absolute atomic E-state index is 12.0. The molecule has 0 radical (unpaired) electrons. The van der Waals surface area contributed by atoms with Gasteiger partial charge in [-0.2, -0.15) is 0 Å². The Balaban J connectivity index is 2.24. The van der Waals surface area contributed by atoms with Crippen molar-refractivity contribution in [1.82, 2.24) is 20.4 Å². The molecule has 0 aromatic heterocycles. The largest absolute Gasteiger partial charge is 0.357 e. The summed E-state index contributed by atoms with van der Waals surface area (Å²) in [7, 11) is 0. The van der Waals surface area contributed by atoms with E-state index in [9.17, 15) is 4.79 Å². The number of carbonyl (C=O) groups is 1. The van der Waals surface area contributed by atoms with E-state index in [2.05, 4.69) is 34.4 Å². The fourth-order valence-corrected chi connectivity index (χ4v) is 2.76. The van der Waals surface area contributed by atoms with E-state index < -0.39 is 0 Å². The molecule has 6 nitrogen and oxygen atoms in total. The molecule has 6 heteroatoms. The molecule has 1 amide bonds. The zero-order valence-electron chi connectivity index (χ0n) is 15.2. The fraction of sp³-hybridized carbons (Fsp3) is 0.882. The number of hydrogen-bond acceptors (Lipinski definition) is 3. The van der Waals surface area contributed by atoms with E-state index in [1.807, 2.05) is 11.8 Å². The highest BCUT2D eigenvalue weighted by molar-refractivity contribution is 5.85. The number of aliphatic imine (C=N–C) groups is 1. The lowest BCUT2D eigenvalue weighted by atomic mass is 10.3. The van der Waals surface area contributed by atoms with Gasteiger partial charge in [-0.05, 0) is 52.2 Å². The van der Waals surface area contributed by atoms with E-state index in [-0.39, 0.29) is 12.5 Å². The first-order valence-electron chi connectivity index (χ1n) is 9.23. The van der Waals surface area contributed by atoms with Gasteiger partial charge in [-0.25, -0.2) is 4.99 Å². The second kappa shape index (κ2) is 12.2. The molecule has 134 valence electrons. The number of hydrogen-bond donors (Lipinski definition) is 2. The van der Waals surface area contributed by atoms with Crippen molar-refractivity contribution in [1.29, 1.82) is 0 Å². The number of guanidine groups is 1. The average Bonchev–Trinajstić information content (AvgIpc) is 3.10. The van der Waals surface area contributed by atoms with Crippen LogP contribution < -0.4 is 10.6 Å². The summed E-state index contributed by atoms with van der Waals surface area (Å²) in [6, 6.07) is 0. The quantitative estimate of drug-likeness (QED) is 0.361. The van der Waals surface area contributed by atoms with Gasteiger partial charge in [0.05, 0.1) is 0 Å². The normalized spacial score (nSPS) is 15.3. The predicted octanol–water partition coefficient (Wildman–Crippen LogP) is 1.29. The lowest BCUT2D eigenvalue weighted by Gasteiger charge is -2.18. The fourth-order valence-electron chi connectivity index (χ4n) is 2.76. The molecule has 1 saturated heterocycles. The van der Waals surface area contributed by atoms with Gasteiger partial charge in [-0.1, -0.05) is 13.8 Å². The van der Waals surface area contributed by atoms with Crippen molar-refractivity contribution in [2.75, 3.05) is 52.4 Å². The maximum atomic E-state index is 12.0. The van der Waals surface area contributed by atoms with Crippen molar-refractivity contribution >= 4 is 11.9 Å². The summed E-state index contributed by atoms with van der Waals surface area (Å²) in [5, 5.41) is 6.53. The number of rotatable bonds is 10. The summed E-state index contributed by atoms with van der Waals surface area (Å²) in [4.78, 5) is 20.8. The molecule has 0 aromatic rings. The van der Waals surface area contributed by atoms with E-state index in [1.165, 1.54) is 6.42 Å². The van der Waals surface area contributed by atoms with Crippen LogP contribution in [-0.2, 0) is 4.79 Å². The van der Waals surface area contributed by atoms with Gasteiger partial charge in [0, 0.05) is 26.2 Å². The van der Waals surface area contributed by atoms with Gasteiger partial charge in [-0.15, -0.1) is 0 Å². The van der Waals surface area contributed by atoms with E-state index in [4.69, 9.17) is 0 Å². The smallest absolute Gasteiger partial charge is 0.244 e. The van der Waals surface area contributed by atoms with Crippen LogP contribution in [0.4, 0.5) is 0 Å². The molecule has 0 unspecified atom stereocenters. The van der Waals surface area contributed by atoms with Crippen molar-refractivity contribution in [2.24, 2.45) is 4.99 Å². The Kier molecular flexibility index (Phi) is 10.4. The molecule has 1 fully saturated rings. The SMILES string of the molecule is CCNC(=NCC(=O)N1CCCC1)NCCCCN(CC)CC. The Morgan fingerprint density at radius 2 is 1.78 bits per heavy atom. The Bertz CT molecular complexity index is 349. The van der Waals surface area contributed by atoms with Crippen molar-refractivity contribution in [3.63, 3.8) is 0 Å². The Morgan fingerprint density at radius 3 is 2.39 bits per heavy atom. The van der Waals surface area contributed by atoms with Crippen molar-refractivity contribution in [3.8, 4) is 0 Å². The minimum absolute atomic E-state index is 0.140. The number of likely N-dealkylation sites (tertiary alicyclic amines) is 1. The first-order chi connectivity index (χ1) is 11.2. The molecule has 0 aromatic carbocycles. The number of unbranched alkanes of at least 4 members (excludes halogenated alkanes) is 1. The van der Waals surface area contributed by atoms with Crippen molar-refractivity contribution in [2.45, 2.75) is 46.5 Å².